The number of halogens is 1. The van der Waals surface area contributed by atoms with Crippen molar-refractivity contribution in [2.75, 3.05) is 6.54 Å². The fourth-order valence-electron chi connectivity index (χ4n) is 2.50. The minimum Gasteiger partial charge on any atom is -0.356 e. The predicted octanol–water partition coefficient (Wildman–Crippen LogP) is 2.80. The van der Waals surface area contributed by atoms with E-state index < -0.39 is 0 Å². The highest BCUT2D eigenvalue weighted by Gasteiger charge is 2.28. The number of amides is 1. The van der Waals surface area contributed by atoms with E-state index >= 15 is 0 Å². The Bertz CT molecular complexity index is 587. The van der Waals surface area contributed by atoms with E-state index in [0.717, 1.165) is 17.6 Å². The Hall–Kier alpha value is -1.49. The van der Waals surface area contributed by atoms with E-state index in [0.29, 0.717) is 5.69 Å². The maximum atomic E-state index is 12.4. The summed E-state index contributed by atoms with van der Waals surface area (Å²) < 4.78 is 3.11. The Labute approximate surface area is 114 Å². The fourth-order valence-corrected chi connectivity index (χ4v) is 2.85. The van der Waals surface area contributed by atoms with Gasteiger partial charge in [0.2, 0.25) is 0 Å². The van der Waals surface area contributed by atoms with E-state index in [4.69, 9.17) is 0 Å². The van der Waals surface area contributed by atoms with Crippen molar-refractivity contribution in [3.63, 3.8) is 0 Å². The van der Waals surface area contributed by atoms with Gasteiger partial charge in [0.25, 0.3) is 5.91 Å². The minimum absolute atomic E-state index is 0.0562. The maximum absolute atomic E-state index is 12.4. The monoisotopic (exact) mass is 307 g/mol. The standard InChI is InChI=1S/C13H14BrN3O/c1-9-12-3-2-4-16(12)5-6-17(9)13(18)11-7-10(14)8-15-11/h2-4,7-9,15H,5-6H2,1H3/t9-/m1/s1. The Kier molecular flexibility index (Phi) is 2.78. The molecular formula is C13H14BrN3O. The summed E-state index contributed by atoms with van der Waals surface area (Å²) in [6.45, 7) is 3.68. The van der Waals surface area contributed by atoms with Gasteiger partial charge in [-0.2, -0.15) is 0 Å². The van der Waals surface area contributed by atoms with Gasteiger partial charge >= 0.3 is 0 Å². The molecular weight excluding hydrogens is 294 g/mol. The zero-order valence-electron chi connectivity index (χ0n) is 10.1. The molecule has 3 rings (SSSR count). The Morgan fingerprint density at radius 3 is 3.06 bits per heavy atom. The van der Waals surface area contributed by atoms with Crippen LogP contribution < -0.4 is 0 Å². The summed E-state index contributed by atoms with van der Waals surface area (Å²) in [6.07, 6.45) is 3.85. The van der Waals surface area contributed by atoms with Crippen LogP contribution in [0.2, 0.25) is 0 Å². The zero-order chi connectivity index (χ0) is 12.7. The molecule has 0 fully saturated rings. The number of aromatic amines is 1. The lowest BCUT2D eigenvalue weighted by atomic mass is 10.1. The summed E-state index contributed by atoms with van der Waals surface area (Å²) in [5.41, 5.74) is 1.83. The van der Waals surface area contributed by atoms with Gasteiger partial charge in [-0.3, -0.25) is 4.79 Å². The number of H-pyrrole nitrogens is 1. The molecule has 2 aromatic heterocycles. The number of carbonyl (C=O) groups excluding carboxylic acids is 1. The number of rotatable bonds is 1. The number of aromatic nitrogens is 2. The summed E-state index contributed by atoms with van der Waals surface area (Å²) in [5.74, 6) is 0.0562. The molecule has 3 heterocycles. The number of hydrogen-bond donors (Lipinski definition) is 1. The summed E-state index contributed by atoms with van der Waals surface area (Å²) >= 11 is 3.35. The molecule has 1 aliphatic rings. The molecule has 1 aliphatic heterocycles. The molecule has 0 unspecified atom stereocenters. The first-order valence-corrected chi connectivity index (χ1v) is 6.76. The molecule has 1 atom stereocenters. The largest absolute Gasteiger partial charge is 0.356 e. The highest BCUT2D eigenvalue weighted by molar-refractivity contribution is 9.10. The molecule has 0 aromatic carbocycles. The van der Waals surface area contributed by atoms with Crippen LogP contribution >= 0.6 is 15.9 Å². The van der Waals surface area contributed by atoms with Crippen LogP contribution in [0.3, 0.4) is 0 Å². The van der Waals surface area contributed by atoms with Crippen LogP contribution in [0, 0.1) is 0 Å². The van der Waals surface area contributed by atoms with Crippen molar-refractivity contribution in [2.45, 2.75) is 19.5 Å². The van der Waals surface area contributed by atoms with Gasteiger partial charge in [-0.15, -0.1) is 0 Å². The molecule has 4 nitrogen and oxygen atoms in total. The van der Waals surface area contributed by atoms with Gasteiger partial charge in [-0.25, -0.2) is 0 Å². The molecule has 0 aliphatic carbocycles. The van der Waals surface area contributed by atoms with Gasteiger partial charge in [0.15, 0.2) is 0 Å². The average Bonchev–Trinajstić information content (AvgIpc) is 2.97. The van der Waals surface area contributed by atoms with Crippen molar-refractivity contribution in [1.82, 2.24) is 14.5 Å². The smallest absolute Gasteiger partial charge is 0.270 e. The van der Waals surface area contributed by atoms with Crippen LogP contribution in [0.25, 0.3) is 0 Å². The van der Waals surface area contributed by atoms with Crippen molar-refractivity contribution in [1.29, 1.82) is 0 Å². The maximum Gasteiger partial charge on any atom is 0.270 e. The minimum atomic E-state index is 0.0562. The van der Waals surface area contributed by atoms with Gasteiger partial charge in [-0.05, 0) is 41.1 Å². The lowest BCUT2D eigenvalue weighted by molar-refractivity contribution is 0.0638. The molecule has 0 radical (unpaired) electrons. The third-order valence-electron chi connectivity index (χ3n) is 3.48. The first-order valence-electron chi connectivity index (χ1n) is 5.97. The number of nitrogens with one attached hydrogen (secondary N) is 1. The summed E-state index contributed by atoms with van der Waals surface area (Å²) in [4.78, 5) is 17.3. The number of fused-ring (bicyclic) bond motifs is 1. The Morgan fingerprint density at radius 1 is 1.50 bits per heavy atom. The van der Waals surface area contributed by atoms with Gasteiger partial charge in [0, 0.05) is 35.6 Å². The highest BCUT2D eigenvalue weighted by Crippen LogP contribution is 2.27. The van der Waals surface area contributed by atoms with Gasteiger partial charge in [0.1, 0.15) is 5.69 Å². The van der Waals surface area contributed by atoms with Gasteiger partial charge < -0.3 is 14.5 Å². The summed E-state index contributed by atoms with van der Waals surface area (Å²) in [5, 5.41) is 0. The molecule has 1 N–H and O–H groups in total. The van der Waals surface area contributed by atoms with Crippen molar-refractivity contribution >= 4 is 21.8 Å². The van der Waals surface area contributed by atoms with E-state index in [-0.39, 0.29) is 11.9 Å². The number of hydrogen-bond acceptors (Lipinski definition) is 1. The molecule has 94 valence electrons. The second kappa shape index (κ2) is 4.31. The molecule has 0 spiro atoms. The van der Waals surface area contributed by atoms with Gasteiger partial charge in [0.05, 0.1) is 6.04 Å². The normalized spacial score (nSPS) is 18.8. The van der Waals surface area contributed by atoms with Crippen molar-refractivity contribution in [3.05, 3.63) is 46.5 Å². The van der Waals surface area contributed by atoms with Crippen LogP contribution in [-0.4, -0.2) is 26.9 Å². The first kappa shape index (κ1) is 11.6. The summed E-state index contributed by atoms with van der Waals surface area (Å²) in [7, 11) is 0. The second-order valence-electron chi connectivity index (χ2n) is 4.53. The number of carbonyl (C=O) groups is 1. The van der Waals surface area contributed by atoms with Crippen molar-refractivity contribution < 1.29 is 4.79 Å². The molecule has 0 saturated carbocycles. The SMILES string of the molecule is C[C@@H]1c2cccn2CCN1C(=O)c1cc(Br)c[nH]1. The first-order chi connectivity index (χ1) is 8.66. The van der Waals surface area contributed by atoms with Crippen LogP contribution in [0.1, 0.15) is 29.1 Å². The van der Waals surface area contributed by atoms with Crippen LogP contribution in [-0.2, 0) is 6.54 Å². The van der Waals surface area contributed by atoms with Crippen molar-refractivity contribution in [3.8, 4) is 0 Å². The van der Waals surface area contributed by atoms with E-state index in [1.54, 1.807) is 6.20 Å². The number of nitrogens with zero attached hydrogens (tertiary/aromatic N) is 2. The lowest BCUT2D eigenvalue weighted by Crippen LogP contribution is -2.40. The molecule has 5 heteroatoms. The summed E-state index contributed by atoms with van der Waals surface area (Å²) in [6, 6.07) is 6.05. The zero-order valence-corrected chi connectivity index (χ0v) is 11.6. The van der Waals surface area contributed by atoms with Gasteiger partial charge in [-0.1, -0.05) is 0 Å². The second-order valence-corrected chi connectivity index (χ2v) is 5.45. The van der Waals surface area contributed by atoms with E-state index in [1.165, 1.54) is 5.69 Å². The molecule has 1 amide bonds. The van der Waals surface area contributed by atoms with Crippen LogP contribution in [0.4, 0.5) is 0 Å². The highest BCUT2D eigenvalue weighted by atomic mass is 79.9. The van der Waals surface area contributed by atoms with E-state index in [1.807, 2.05) is 17.0 Å². The molecule has 0 bridgehead atoms. The Balaban J connectivity index is 1.88. The molecule has 18 heavy (non-hydrogen) atoms. The van der Waals surface area contributed by atoms with E-state index in [2.05, 4.69) is 44.7 Å². The quantitative estimate of drug-likeness (QED) is 0.865. The topological polar surface area (TPSA) is 41.0 Å². The predicted molar refractivity (Wildman–Crippen MR) is 72.4 cm³/mol. The third-order valence-corrected chi connectivity index (χ3v) is 3.94. The fraction of sp³-hybridized carbons (Fsp3) is 0.308. The van der Waals surface area contributed by atoms with Crippen molar-refractivity contribution in [2.24, 2.45) is 0 Å². The lowest BCUT2D eigenvalue weighted by Gasteiger charge is -2.34. The average molecular weight is 308 g/mol. The third kappa shape index (κ3) is 1.79. The van der Waals surface area contributed by atoms with E-state index in [9.17, 15) is 4.79 Å². The Morgan fingerprint density at radius 2 is 2.33 bits per heavy atom. The van der Waals surface area contributed by atoms with Crippen LogP contribution in [0.15, 0.2) is 35.1 Å². The molecule has 0 saturated heterocycles. The molecule has 2 aromatic rings. The van der Waals surface area contributed by atoms with Crippen LogP contribution in [0.5, 0.6) is 0 Å².